The van der Waals surface area contributed by atoms with E-state index in [-0.39, 0.29) is 42.2 Å². The number of carbonyl (C=O) groups excluding carboxylic acids is 1. The molecule has 1 amide bonds. The highest BCUT2D eigenvalue weighted by atomic mass is 35.5. The van der Waals surface area contributed by atoms with Crippen LogP contribution in [-0.2, 0) is 25.4 Å². The van der Waals surface area contributed by atoms with Gasteiger partial charge in [-0.25, -0.2) is 9.37 Å². The number of nitrogens with zero attached hydrogens (tertiary/aromatic N) is 5. The summed E-state index contributed by atoms with van der Waals surface area (Å²) >= 11 is 5.81. The van der Waals surface area contributed by atoms with Gasteiger partial charge in [0.2, 0.25) is 0 Å². The van der Waals surface area contributed by atoms with Crippen LogP contribution in [0.25, 0.3) is 0 Å². The molecule has 0 aliphatic heterocycles. The first-order chi connectivity index (χ1) is 17.9. The molecule has 2 heterocycles. The summed E-state index contributed by atoms with van der Waals surface area (Å²) in [6, 6.07) is 3.84. The number of benzene rings is 1. The minimum atomic E-state index is -4.80. The minimum Gasteiger partial charge on any atom is -0.394 e. The summed E-state index contributed by atoms with van der Waals surface area (Å²) in [5.41, 5.74) is -2.37. The Morgan fingerprint density at radius 3 is 2.53 bits per heavy atom. The Morgan fingerprint density at radius 2 is 1.92 bits per heavy atom. The highest BCUT2D eigenvalue weighted by Crippen LogP contribution is 2.57. The van der Waals surface area contributed by atoms with Crippen molar-refractivity contribution in [1.29, 1.82) is 0 Å². The molecule has 0 saturated heterocycles. The molecule has 9 nitrogen and oxygen atoms in total. The smallest absolute Gasteiger partial charge is 0.394 e. The molecule has 2 saturated carbocycles. The highest BCUT2D eigenvalue weighted by Gasteiger charge is 2.55. The number of halogens is 5. The van der Waals surface area contributed by atoms with Crippen LogP contribution in [0.5, 0.6) is 0 Å². The molecule has 0 radical (unpaired) electrons. The molecule has 1 aromatic carbocycles. The van der Waals surface area contributed by atoms with Gasteiger partial charge in [0, 0.05) is 18.7 Å². The first-order valence-electron chi connectivity index (χ1n) is 12.0. The number of fused-ring (bicyclic) bond motifs is 1. The summed E-state index contributed by atoms with van der Waals surface area (Å²) in [5, 5.41) is 30.3. The van der Waals surface area contributed by atoms with E-state index in [2.05, 4.69) is 20.5 Å². The Bertz CT molecular complexity index is 1360. The number of imidazole rings is 1. The van der Waals surface area contributed by atoms with Crippen molar-refractivity contribution >= 4 is 23.2 Å². The Labute approximate surface area is 219 Å². The van der Waals surface area contributed by atoms with Gasteiger partial charge in [0.15, 0.2) is 5.69 Å². The molecule has 2 aliphatic rings. The fraction of sp³-hybridized carbons (Fsp3) is 0.500. The third kappa shape index (κ3) is 4.78. The van der Waals surface area contributed by atoms with Crippen LogP contribution in [0.15, 0.2) is 24.5 Å². The van der Waals surface area contributed by atoms with Gasteiger partial charge >= 0.3 is 6.18 Å². The Balaban J connectivity index is 1.34. The van der Waals surface area contributed by atoms with E-state index < -0.39 is 41.5 Å². The van der Waals surface area contributed by atoms with Crippen LogP contribution in [-0.4, -0.2) is 47.3 Å². The first kappa shape index (κ1) is 26.6. The van der Waals surface area contributed by atoms with E-state index in [1.807, 2.05) is 0 Å². The van der Waals surface area contributed by atoms with Gasteiger partial charge in [0.25, 0.3) is 5.91 Å². The van der Waals surface area contributed by atoms with Crippen molar-refractivity contribution in [2.45, 2.75) is 49.9 Å². The standard InChI is InChI=1S/C24H25ClF4N6O3/c1-34-11-30-18(19(34)22(37)31-15-2-3-17(26)16(25)8-15)12-6-13-9-23(38,10-14(13)7-12)20-21(24(27,28)29)33-35(32-20)4-5-36/h2-3,8,11-14,36,38H,4-7,9-10H2,1H3,(H,31,37). The second-order valence-electron chi connectivity index (χ2n) is 10.0. The van der Waals surface area contributed by atoms with E-state index in [4.69, 9.17) is 16.7 Å². The molecule has 2 aromatic heterocycles. The summed E-state index contributed by atoms with van der Waals surface area (Å²) in [5.74, 6) is -1.42. The zero-order valence-corrected chi connectivity index (χ0v) is 21.0. The van der Waals surface area contributed by atoms with Crippen molar-refractivity contribution in [3.63, 3.8) is 0 Å². The molecule has 5 rings (SSSR count). The van der Waals surface area contributed by atoms with E-state index in [1.165, 1.54) is 18.5 Å². The molecular formula is C24H25ClF4N6O3. The van der Waals surface area contributed by atoms with Crippen LogP contribution in [0.1, 0.15) is 59.2 Å². The van der Waals surface area contributed by atoms with E-state index in [0.29, 0.717) is 29.9 Å². The minimum absolute atomic E-state index is 0.0670. The zero-order valence-electron chi connectivity index (χ0n) is 20.2. The number of amides is 1. The van der Waals surface area contributed by atoms with E-state index >= 15 is 0 Å². The predicted octanol–water partition coefficient (Wildman–Crippen LogP) is 3.86. The fourth-order valence-corrected chi connectivity index (χ4v) is 6.09. The lowest BCUT2D eigenvalue weighted by Crippen LogP contribution is -2.27. The summed E-state index contributed by atoms with van der Waals surface area (Å²) in [6.07, 6.45) is -2.10. The molecule has 0 bridgehead atoms. The highest BCUT2D eigenvalue weighted by molar-refractivity contribution is 6.31. The lowest BCUT2D eigenvalue weighted by Gasteiger charge is -2.24. The molecule has 38 heavy (non-hydrogen) atoms. The van der Waals surface area contributed by atoms with E-state index in [1.54, 1.807) is 11.6 Å². The quantitative estimate of drug-likeness (QED) is 0.397. The Kier molecular flexibility index (Phi) is 6.72. The van der Waals surface area contributed by atoms with Gasteiger partial charge in [-0.2, -0.15) is 23.1 Å². The number of alkyl halides is 3. The maximum absolute atomic E-state index is 13.7. The SMILES string of the molecule is Cn1cnc(C2CC3CC(O)(c4nn(CCO)nc4C(F)(F)F)CC3C2)c1C(=O)Nc1ccc(F)c(Cl)c1. The molecule has 0 spiro atoms. The van der Waals surface area contributed by atoms with E-state index in [9.17, 15) is 27.5 Å². The van der Waals surface area contributed by atoms with Crippen LogP contribution in [0, 0.1) is 17.7 Å². The number of hydrogen-bond donors (Lipinski definition) is 3. The second kappa shape index (κ2) is 9.62. The summed E-state index contributed by atoms with van der Waals surface area (Å²) in [7, 11) is 1.67. The lowest BCUT2D eigenvalue weighted by atomic mass is 9.89. The summed E-state index contributed by atoms with van der Waals surface area (Å²) < 4.78 is 56.0. The van der Waals surface area contributed by atoms with Crippen molar-refractivity contribution in [3.05, 3.63) is 58.1 Å². The third-order valence-electron chi connectivity index (χ3n) is 7.45. The van der Waals surface area contributed by atoms with Crippen molar-refractivity contribution in [1.82, 2.24) is 24.5 Å². The monoisotopic (exact) mass is 556 g/mol. The van der Waals surface area contributed by atoms with Gasteiger partial charge in [0.05, 0.1) is 30.2 Å². The molecule has 3 N–H and O–H groups in total. The zero-order chi connectivity index (χ0) is 27.4. The van der Waals surface area contributed by atoms with Gasteiger partial charge in [-0.1, -0.05) is 11.6 Å². The van der Waals surface area contributed by atoms with Gasteiger partial charge in [0.1, 0.15) is 22.8 Å². The topological polar surface area (TPSA) is 118 Å². The van der Waals surface area contributed by atoms with Crippen LogP contribution in [0.4, 0.5) is 23.2 Å². The van der Waals surface area contributed by atoms with Gasteiger partial charge in [-0.3, -0.25) is 4.79 Å². The molecule has 3 aromatic rings. The van der Waals surface area contributed by atoms with Crippen LogP contribution < -0.4 is 5.32 Å². The largest absolute Gasteiger partial charge is 0.437 e. The molecular weight excluding hydrogens is 532 g/mol. The third-order valence-corrected chi connectivity index (χ3v) is 7.74. The molecule has 204 valence electrons. The number of rotatable bonds is 6. The van der Waals surface area contributed by atoms with Crippen molar-refractivity contribution in [2.24, 2.45) is 18.9 Å². The van der Waals surface area contributed by atoms with Crippen LogP contribution >= 0.6 is 11.6 Å². The van der Waals surface area contributed by atoms with Gasteiger partial charge in [-0.15, -0.1) is 5.10 Å². The Morgan fingerprint density at radius 1 is 1.24 bits per heavy atom. The molecule has 2 fully saturated rings. The molecule has 2 unspecified atom stereocenters. The number of aliphatic hydroxyl groups is 2. The predicted molar refractivity (Wildman–Crippen MR) is 127 cm³/mol. The molecule has 2 aliphatic carbocycles. The average Bonchev–Trinajstić information content (AvgIpc) is 3.58. The number of carbonyl (C=O) groups is 1. The van der Waals surface area contributed by atoms with Crippen molar-refractivity contribution < 1.29 is 32.6 Å². The average molecular weight is 557 g/mol. The molecule has 14 heteroatoms. The maximum atomic E-state index is 13.7. The van der Waals surface area contributed by atoms with Crippen molar-refractivity contribution in [2.75, 3.05) is 11.9 Å². The number of nitrogens with one attached hydrogen (secondary N) is 1. The lowest BCUT2D eigenvalue weighted by molar-refractivity contribution is -0.144. The number of anilines is 1. The van der Waals surface area contributed by atoms with Crippen LogP contribution in [0.3, 0.4) is 0 Å². The van der Waals surface area contributed by atoms with Crippen LogP contribution in [0.2, 0.25) is 5.02 Å². The van der Waals surface area contributed by atoms with E-state index in [0.717, 1.165) is 10.9 Å². The number of aliphatic hydroxyl groups excluding tert-OH is 1. The normalized spacial score (nSPS) is 25.1. The van der Waals surface area contributed by atoms with Crippen molar-refractivity contribution in [3.8, 4) is 0 Å². The fourth-order valence-electron chi connectivity index (χ4n) is 5.91. The summed E-state index contributed by atoms with van der Waals surface area (Å²) in [4.78, 5) is 18.3. The number of hydrogen-bond acceptors (Lipinski definition) is 6. The number of aryl methyl sites for hydroxylation is 1. The first-order valence-corrected chi connectivity index (χ1v) is 12.4. The Hall–Kier alpha value is -3.03. The number of aromatic nitrogens is 5. The van der Waals surface area contributed by atoms with Gasteiger partial charge < -0.3 is 20.1 Å². The molecule has 2 atom stereocenters. The van der Waals surface area contributed by atoms with Gasteiger partial charge in [-0.05, 0) is 55.7 Å². The summed E-state index contributed by atoms with van der Waals surface area (Å²) in [6.45, 7) is -0.659. The second-order valence-corrected chi connectivity index (χ2v) is 10.4. The maximum Gasteiger partial charge on any atom is 0.437 e.